The van der Waals surface area contributed by atoms with Gasteiger partial charge in [-0.25, -0.2) is 4.79 Å². The lowest BCUT2D eigenvalue weighted by atomic mass is 9.86. The highest BCUT2D eigenvalue weighted by atomic mass is 32.2. The van der Waals surface area contributed by atoms with Crippen molar-refractivity contribution in [2.45, 2.75) is 75.1 Å². The number of aliphatic hydroxyl groups is 2. The molecule has 1 aliphatic rings. The summed E-state index contributed by atoms with van der Waals surface area (Å²) in [5, 5.41) is 23.7. The molecule has 202 valence electrons. The van der Waals surface area contributed by atoms with Crippen LogP contribution in [0.3, 0.4) is 0 Å². The first kappa shape index (κ1) is 29.0. The van der Waals surface area contributed by atoms with Crippen molar-refractivity contribution in [3.63, 3.8) is 0 Å². The summed E-state index contributed by atoms with van der Waals surface area (Å²) < 4.78 is 5.60. The van der Waals surface area contributed by atoms with E-state index in [0.29, 0.717) is 18.5 Å². The van der Waals surface area contributed by atoms with Crippen molar-refractivity contribution < 1.29 is 24.5 Å². The first-order valence-electron chi connectivity index (χ1n) is 12.9. The molecule has 0 aliphatic carbocycles. The largest absolute Gasteiger partial charge is 0.444 e. The highest BCUT2D eigenvalue weighted by Crippen LogP contribution is 2.29. The Kier molecular flexibility index (Phi) is 10.4. The average molecular weight is 529 g/mol. The van der Waals surface area contributed by atoms with Gasteiger partial charge in [0.2, 0.25) is 5.91 Å². The summed E-state index contributed by atoms with van der Waals surface area (Å²) in [7, 11) is 0. The lowest BCUT2D eigenvalue weighted by molar-refractivity contribution is -0.130. The predicted octanol–water partition coefficient (Wildman–Crippen LogP) is 4.57. The number of ether oxygens (including phenoxy) is 1. The van der Waals surface area contributed by atoms with E-state index in [-0.39, 0.29) is 5.92 Å². The maximum Gasteiger partial charge on any atom is 0.410 e. The van der Waals surface area contributed by atoms with Crippen LogP contribution in [0.25, 0.3) is 0 Å². The molecule has 37 heavy (non-hydrogen) atoms. The van der Waals surface area contributed by atoms with Gasteiger partial charge in [-0.3, -0.25) is 9.69 Å². The number of nitrogens with zero attached hydrogens (tertiary/aromatic N) is 1. The van der Waals surface area contributed by atoms with Crippen LogP contribution in [-0.4, -0.2) is 64.2 Å². The van der Waals surface area contributed by atoms with Crippen molar-refractivity contribution in [1.29, 1.82) is 0 Å². The molecule has 2 aromatic carbocycles. The Balaban J connectivity index is 1.73. The SMILES string of the molecule is CSc1ccc([C@H](O)[C@H](CO)NC(=O)C2CC(CCc3ccccc3)CCN2C(=O)OC(C)(C)C)cc1. The van der Waals surface area contributed by atoms with E-state index in [9.17, 15) is 19.8 Å². The second kappa shape index (κ2) is 13.3. The number of carbonyl (C=O) groups excluding carboxylic acids is 2. The number of likely N-dealkylation sites (tertiary alicyclic amines) is 1. The lowest BCUT2D eigenvalue weighted by Crippen LogP contribution is -2.57. The summed E-state index contributed by atoms with van der Waals surface area (Å²) in [5.74, 6) is -0.139. The van der Waals surface area contributed by atoms with E-state index in [2.05, 4.69) is 17.4 Å². The highest BCUT2D eigenvalue weighted by Gasteiger charge is 2.39. The zero-order chi connectivity index (χ0) is 27.0. The van der Waals surface area contributed by atoms with Gasteiger partial charge in [-0.05, 0) is 81.9 Å². The van der Waals surface area contributed by atoms with Crippen LogP contribution < -0.4 is 5.32 Å². The molecule has 4 atom stereocenters. The molecule has 1 fully saturated rings. The van der Waals surface area contributed by atoms with Crippen LogP contribution in [-0.2, 0) is 16.0 Å². The van der Waals surface area contributed by atoms with Crippen molar-refractivity contribution in [3.05, 3.63) is 65.7 Å². The summed E-state index contributed by atoms with van der Waals surface area (Å²) in [4.78, 5) is 29.1. The minimum absolute atomic E-state index is 0.256. The molecule has 0 saturated carbocycles. The van der Waals surface area contributed by atoms with Gasteiger partial charge in [0, 0.05) is 11.4 Å². The quantitative estimate of drug-likeness (QED) is 0.413. The number of hydrogen-bond donors (Lipinski definition) is 3. The summed E-state index contributed by atoms with van der Waals surface area (Å²) in [6, 6.07) is 15.9. The smallest absolute Gasteiger partial charge is 0.410 e. The third-order valence-corrected chi connectivity index (χ3v) is 7.43. The summed E-state index contributed by atoms with van der Waals surface area (Å²) >= 11 is 1.59. The topological polar surface area (TPSA) is 99.1 Å². The third kappa shape index (κ3) is 8.48. The van der Waals surface area contributed by atoms with E-state index in [1.807, 2.05) is 36.6 Å². The van der Waals surface area contributed by atoms with Crippen LogP contribution in [0.15, 0.2) is 59.5 Å². The van der Waals surface area contributed by atoms with Crippen LogP contribution >= 0.6 is 11.8 Å². The fourth-order valence-electron chi connectivity index (χ4n) is 4.64. The molecule has 0 aromatic heterocycles. The molecule has 0 radical (unpaired) electrons. The molecule has 0 spiro atoms. The lowest BCUT2D eigenvalue weighted by Gasteiger charge is -2.40. The molecule has 0 bridgehead atoms. The molecule has 2 amide bonds. The van der Waals surface area contributed by atoms with Crippen LogP contribution in [0.2, 0.25) is 0 Å². The molecular formula is C29H40N2O5S. The molecule has 1 aliphatic heterocycles. The van der Waals surface area contributed by atoms with Crippen LogP contribution in [0.4, 0.5) is 4.79 Å². The maximum absolute atomic E-state index is 13.5. The Morgan fingerprint density at radius 2 is 1.81 bits per heavy atom. The number of carbonyl (C=O) groups is 2. The fraction of sp³-hybridized carbons (Fsp3) is 0.517. The minimum atomic E-state index is -1.09. The number of nitrogens with one attached hydrogen (secondary N) is 1. The van der Waals surface area contributed by atoms with Crippen molar-refractivity contribution in [2.24, 2.45) is 5.92 Å². The first-order valence-corrected chi connectivity index (χ1v) is 14.1. The number of amides is 2. The minimum Gasteiger partial charge on any atom is -0.444 e. The van der Waals surface area contributed by atoms with Crippen LogP contribution in [0, 0.1) is 5.92 Å². The number of benzene rings is 2. The average Bonchev–Trinajstić information content (AvgIpc) is 2.89. The van der Waals surface area contributed by atoms with Crippen molar-refractivity contribution in [3.8, 4) is 0 Å². The summed E-state index contributed by atoms with van der Waals surface area (Å²) in [5.41, 5.74) is 1.16. The van der Waals surface area contributed by atoms with Crippen LogP contribution in [0.1, 0.15) is 57.3 Å². The summed E-state index contributed by atoms with van der Waals surface area (Å²) in [6.45, 7) is 5.37. The standard InChI is InChI=1S/C29H40N2O5S/c1-29(2,3)36-28(35)31-17-16-21(11-10-20-8-6-5-7-9-20)18-25(31)27(34)30-24(19-32)26(33)22-12-14-23(37-4)15-13-22/h5-9,12-15,21,24-26,32-33H,10-11,16-19H2,1-4H3,(H,30,34)/t21?,24-,25?,26-/m0/s1. The van der Waals surface area contributed by atoms with E-state index in [1.54, 1.807) is 44.7 Å². The van der Waals surface area contributed by atoms with Gasteiger partial charge in [0.15, 0.2) is 0 Å². The molecule has 8 heteroatoms. The number of aliphatic hydroxyl groups excluding tert-OH is 2. The monoisotopic (exact) mass is 528 g/mol. The van der Waals surface area contributed by atoms with E-state index in [0.717, 1.165) is 24.2 Å². The Bertz CT molecular complexity index is 1010. The zero-order valence-electron chi connectivity index (χ0n) is 22.2. The zero-order valence-corrected chi connectivity index (χ0v) is 23.0. The van der Waals surface area contributed by atoms with E-state index < -0.39 is 42.4 Å². The number of piperidine rings is 1. The second-order valence-corrected chi connectivity index (χ2v) is 11.5. The molecule has 1 saturated heterocycles. The van der Waals surface area contributed by atoms with Gasteiger partial charge in [-0.15, -0.1) is 11.8 Å². The van der Waals surface area contributed by atoms with Gasteiger partial charge in [0.25, 0.3) is 0 Å². The van der Waals surface area contributed by atoms with Crippen molar-refractivity contribution >= 4 is 23.8 Å². The Hall–Kier alpha value is -2.55. The Labute approximate surface area is 224 Å². The van der Waals surface area contributed by atoms with E-state index in [4.69, 9.17) is 4.74 Å². The third-order valence-electron chi connectivity index (χ3n) is 6.69. The van der Waals surface area contributed by atoms with Gasteiger partial charge in [0.1, 0.15) is 17.7 Å². The summed E-state index contributed by atoms with van der Waals surface area (Å²) in [6.07, 6.45) is 3.44. The van der Waals surface area contributed by atoms with Crippen molar-refractivity contribution in [1.82, 2.24) is 10.2 Å². The highest BCUT2D eigenvalue weighted by molar-refractivity contribution is 7.98. The van der Waals surface area contributed by atoms with Gasteiger partial charge in [0.05, 0.1) is 12.6 Å². The van der Waals surface area contributed by atoms with E-state index >= 15 is 0 Å². The fourth-order valence-corrected chi connectivity index (χ4v) is 5.05. The normalized spacial score (nSPS) is 19.7. The molecule has 3 N–H and O–H groups in total. The Morgan fingerprint density at radius 3 is 2.41 bits per heavy atom. The Morgan fingerprint density at radius 1 is 1.14 bits per heavy atom. The van der Waals surface area contributed by atoms with Crippen LogP contribution in [0.5, 0.6) is 0 Å². The van der Waals surface area contributed by atoms with Gasteiger partial charge < -0.3 is 20.3 Å². The number of rotatable bonds is 9. The number of hydrogen-bond acceptors (Lipinski definition) is 6. The molecule has 7 nitrogen and oxygen atoms in total. The number of aryl methyl sites for hydroxylation is 1. The van der Waals surface area contributed by atoms with E-state index in [1.165, 1.54) is 10.5 Å². The van der Waals surface area contributed by atoms with Crippen molar-refractivity contribution in [2.75, 3.05) is 19.4 Å². The molecule has 3 rings (SSSR count). The maximum atomic E-state index is 13.5. The second-order valence-electron chi connectivity index (χ2n) is 10.6. The molecule has 1 heterocycles. The van der Waals surface area contributed by atoms with Gasteiger partial charge >= 0.3 is 6.09 Å². The first-order chi connectivity index (χ1) is 17.6. The molecular weight excluding hydrogens is 488 g/mol. The van der Waals surface area contributed by atoms with Gasteiger partial charge in [-0.2, -0.15) is 0 Å². The number of thioether (sulfide) groups is 1. The predicted molar refractivity (Wildman–Crippen MR) is 146 cm³/mol. The van der Waals surface area contributed by atoms with Gasteiger partial charge in [-0.1, -0.05) is 42.5 Å². The molecule has 2 unspecified atom stereocenters. The molecule has 2 aromatic rings.